The van der Waals surface area contributed by atoms with Gasteiger partial charge in [0.15, 0.2) is 0 Å². The number of thiazole rings is 1. The Kier molecular flexibility index (Phi) is 5.72. The van der Waals surface area contributed by atoms with Crippen LogP contribution in [-0.2, 0) is 11.3 Å². The van der Waals surface area contributed by atoms with Crippen LogP contribution >= 0.6 is 11.3 Å². The summed E-state index contributed by atoms with van der Waals surface area (Å²) in [4.78, 5) is 9.13. The summed E-state index contributed by atoms with van der Waals surface area (Å²) in [6.07, 6.45) is 1.76. The molecule has 0 spiro atoms. The number of hydrogen-bond acceptors (Lipinski definition) is 4. The third kappa shape index (κ3) is 4.41. The van der Waals surface area contributed by atoms with E-state index in [1.807, 2.05) is 35.8 Å². The highest BCUT2D eigenvalue weighted by molar-refractivity contribution is 7.80. The summed E-state index contributed by atoms with van der Waals surface area (Å²) in [5.74, 6) is -0.256. The number of pyridine rings is 1. The predicted molar refractivity (Wildman–Crippen MR) is 133 cm³/mol. The maximum absolute atomic E-state index is 13.9. The minimum Gasteiger partial charge on any atom is -0.289 e. The highest BCUT2D eigenvalue weighted by atomic mass is 32.2. The molecule has 0 aliphatic rings. The van der Waals surface area contributed by atoms with Crippen LogP contribution in [0.5, 0.6) is 0 Å². The number of aryl methyl sites for hydroxylation is 1. The van der Waals surface area contributed by atoms with Crippen LogP contribution in [0.4, 0.5) is 10.1 Å². The molecule has 0 aliphatic heterocycles. The Balaban J connectivity index is 1.69. The van der Waals surface area contributed by atoms with Crippen LogP contribution in [0, 0.1) is 12.7 Å². The number of rotatable bonds is 5. The second-order valence-electron chi connectivity index (χ2n) is 7.55. The maximum atomic E-state index is 13.9. The molecule has 8 heteroatoms. The summed E-state index contributed by atoms with van der Waals surface area (Å²) >= 11 is -0.590. The Labute approximate surface area is 196 Å². The van der Waals surface area contributed by atoms with E-state index in [2.05, 4.69) is 15.8 Å². The normalized spacial score (nSPS) is 12.1. The molecule has 2 heterocycles. The minimum atomic E-state index is -2.16. The molecule has 0 saturated carbocycles. The molecule has 0 aliphatic carbocycles. The minimum absolute atomic E-state index is 0.256. The number of halogens is 1. The van der Waals surface area contributed by atoms with Gasteiger partial charge in [0.2, 0.25) is 0 Å². The summed E-state index contributed by atoms with van der Waals surface area (Å²) in [6, 6.07) is 20.4. The fourth-order valence-electron chi connectivity index (χ4n) is 3.75. The molecule has 164 valence electrons. The van der Waals surface area contributed by atoms with Gasteiger partial charge >= 0.3 is 0 Å². The second kappa shape index (κ2) is 8.82. The van der Waals surface area contributed by atoms with Crippen molar-refractivity contribution >= 4 is 38.5 Å². The van der Waals surface area contributed by atoms with Crippen LogP contribution in [0.15, 0.2) is 78.4 Å². The number of hydrogen-bond donors (Lipinski definition) is 2. The average molecular weight is 476 g/mol. The van der Waals surface area contributed by atoms with Gasteiger partial charge in [0, 0.05) is 28.6 Å². The van der Waals surface area contributed by atoms with Gasteiger partial charge in [-0.05, 0) is 72.1 Å². The van der Waals surface area contributed by atoms with Gasteiger partial charge in [0.25, 0.3) is 11.3 Å². The zero-order valence-corrected chi connectivity index (χ0v) is 19.1. The quantitative estimate of drug-likeness (QED) is 0.278. The molecule has 2 N–H and O–H groups in total. The van der Waals surface area contributed by atoms with Gasteiger partial charge in [-0.1, -0.05) is 18.2 Å². The van der Waals surface area contributed by atoms with Crippen molar-refractivity contribution in [3.63, 3.8) is 0 Å². The maximum Gasteiger partial charge on any atom is 0.259 e. The molecule has 0 bridgehead atoms. The number of benzene rings is 3. The summed E-state index contributed by atoms with van der Waals surface area (Å²) in [6.45, 7) is 1.74. The van der Waals surface area contributed by atoms with Gasteiger partial charge in [0.05, 0.1) is 21.4 Å². The number of anilines is 1. The zero-order chi connectivity index (χ0) is 22.9. The van der Waals surface area contributed by atoms with Crippen molar-refractivity contribution < 1.29 is 13.2 Å². The molecule has 5 nitrogen and oxygen atoms in total. The van der Waals surface area contributed by atoms with E-state index in [4.69, 9.17) is 9.54 Å². The highest BCUT2D eigenvalue weighted by Gasteiger charge is 2.14. The van der Waals surface area contributed by atoms with Gasteiger partial charge in [0.1, 0.15) is 5.82 Å². The van der Waals surface area contributed by atoms with Crippen LogP contribution in [0.1, 0.15) is 5.56 Å². The molecule has 1 atom stereocenters. The fourth-order valence-corrected chi connectivity index (χ4v) is 4.80. The molecule has 2 aromatic heterocycles. The SMILES string of the molecule is Cc1cc(-c2ncc(-c3cccc(NS(=O)O)c3)cc2-c2ccc3ncsc3c2)ccc1F. The third-order valence-electron chi connectivity index (χ3n) is 5.36. The Morgan fingerprint density at radius 2 is 1.79 bits per heavy atom. The largest absolute Gasteiger partial charge is 0.289 e. The summed E-state index contributed by atoms with van der Waals surface area (Å²) in [5, 5.41) is 0. The Hall–Kier alpha value is -3.46. The second-order valence-corrected chi connectivity index (χ2v) is 9.14. The van der Waals surface area contributed by atoms with E-state index >= 15 is 0 Å². The first-order chi connectivity index (χ1) is 16.0. The summed E-state index contributed by atoms with van der Waals surface area (Å²) < 4.78 is 37.8. The van der Waals surface area contributed by atoms with E-state index in [9.17, 15) is 8.60 Å². The molecular formula is C25H18FN3O2S2. The van der Waals surface area contributed by atoms with Gasteiger partial charge in [-0.3, -0.25) is 14.3 Å². The first-order valence-electron chi connectivity index (χ1n) is 10.1. The van der Waals surface area contributed by atoms with E-state index in [0.717, 1.165) is 43.7 Å². The van der Waals surface area contributed by atoms with Crippen molar-refractivity contribution in [3.05, 3.63) is 89.8 Å². The highest BCUT2D eigenvalue weighted by Crippen LogP contribution is 2.36. The molecule has 33 heavy (non-hydrogen) atoms. The van der Waals surface area contributed by atoms with Gasteiger partial charge in [-0.25, -0.2) is 13.6 Å². The van der Waals surface area contributed by atoms with Crippen LogP contribution in [0.2, 0.25) is 0 Å². The van der Waals surface area contributed by atoms with E-state index in [1.165, 1.54) is 6.07 Å². The fraction of sp³-hybridized carbons (Fsp3) is 0.0400. The molecule has 0 amide bonds. The van der Waals surface area contributed by atoms with Crippen molar-refractivity contribution in [1.82, 2.24) is 9.97 Å². The first-order valence-corrected chi connectivity index (χ1v) is 12.0. The molecule has 3 aromatic carbocycles. The molecule has 0 fully saturated rings. The van der Waals surface area contributed by atoms with Crippen LogP contribution < -0.4 is 4.72 Å². The lowest BCUT2D eigenvalue weighted by Gasteiger charge is -2.13. The molecule has 5 rings (SSSR count). The van der Waals surface area contributed by atoms with Gasteiger partial charge < -0.3 is 0 Å². The predicted octanol–water partition coefficient (Wildman–Crippen LogP) is 6.69. The number of aromatic nitrogens is 2. The van der Waals surface area contributed by atoms with E-state index in [-0.39, 0.29) is 5.82 Å². The molecule has 5 aromatic rings. The third-order valence-corrected chi connectivity index (χ3v) is 6.56. The van der Waals surface area contributed by atoms with E-state index in [0.29, 0.717) is 11.3 Å². The Morgan fingerprint density at radius 3 is 2.61 bits per heavy atom. The van der Waals surface area contributed by atoms with Gasteiger partial charge in [-0.2, -0.15) is 0 Å². The lowest BCUT2D eigenvalue weighted by Crippen LogP contribution is -2.01. The topological polar surface area (TPSA) is 75.1 Å². The van der Waals surface area contributed by atoms with Crippen molar-refractivity contribution in [2.75, 3.05) is 4.72 Å². The molecule has 0 saturated heterocycles. The van der Waals surface area contributed by atoms with Crippen molar-refractivity contribution in [1.29, 1.82) is 0 Å². The van der Waals surface area contributed by atoms with Crippen LogP contribution in [0.3, 0.4) is 0 Å². The summed E-state index contributed by atoms with van der Waals surface area (Å²) in [7, 11) is 0. The number of nitrogens with zero attached hydrogens (tertiary/aromatic N) is 2. The van der Waals surface area contributed by atoms with Crippen LogP contribution in [0.25, 0.3) is 43.7 Å². The van der Waals surface area contributed by atoms with Crippen LogP contribution in [-0.4, -0.2) is 18.7 Å². The lowest BCUT2D eigenvalue weighted by atomic mass is 9.95. The van der Waals surface area contributed by atoms with E-state index in [1.54, 1.807) is 48.7 Å². The number of fused-ring (bicyclic) bond motifs is 1. The molecular weight excluding hydrogens is 457 g/mol. The average Bonchev–Trinajstić information content (AvgIpc) is 3.28. The van der Waals surface area contributed by atoms with Crippen molar-refractivity contribution in [2.24, 2.45) is 0 Å². The Bertz CT molecular complexity index is 1520. The summed E-state index contributed by atoms with van der Waals surface area (Å²) in [5.41, 5.74) is 8.98. The zero-order valence-electron chi connectivity index (χ0n) is 17.4. The molecule has 0 radical (unpaired) electrons. The van der Waals surface area contributed by atoms with E-state index < -0.39 is 11.3 Å². The smallest absolute Gasteiger partial charge is 0.259 e. The first kappa shape index (κ1) is 21.4. The Morgan fingerprint density at radius 1 is 0.939 bits per heavy atom. The number of nitrogens with one attached hydrogen (secondary N) is 1. The standard InChI is InChI=1S/C25H18FN3O2S2/c1-15-9-18(5-7-22(15)26)25-21(17-6-8-23-24(12-17)32-14-28-23)11-19(13-27-25)16-3-2-4-20(10-16)29-33(30)31/h2-14,29H,1H3,(H,30,31). The van der Waals surface area contributed by atoms with Crippen molar-refractivity contribution in [3.8, 4) is 33.5 Å². The monoisotopic (exact) mass is 475 g/mol. The lowest BCUT2D eigenvalue weighted by molar-refractivity contribution is 0.570. The van der Waals surface area contributed by atoms with Crippen molar-refractivity contribution in [2.45, 2.75) is 6.92 Å². The van der Waals surface area contributed by atoms with Gasteiger partial charge in [-0.15, -0.1) is 11.3 Å². The molecule has 1 unspecified atom stereocenters.